The number of aryl methyl sites for hydroxylation is 1. The van der Waals surface area contributed by atoms with E-state index in [1.165, 1.54) is 18.2 Å². The van der Waals surface area contributed by atoms with E-state index >= 15 is 0 Å². The Hall–Kier alpha value is -2.22. The Morgan fingerprint density at radius 3 is 2.04 bits per heavy atom. The van der Waals surface area contributed by atoms with Crippen molar-refractivity contribution < 1.29 is 22.5 Å². The summed E-state index contributed by atoms with van der Waals surface area (Å²) in [6.45, 7) is 1.74. The van der Waals surface area contributed by atoms with Crippen LogP contribution in [-0.2, 0) is 10.1 Å². The van der Waals surface area contributed by atoms with Gasteiger partial charge in [0.25, 0.3) is 10.1 Å². The maximum absolute atomic E-state index is 12.0. The van der Waals surface area contributed by atoms with Crippen molar-refractivity contribution in [2.24, 2.45) is 0 Å². The third kappa shape index (κ3) is 6.11. The van der Waals surface area contributed by atoms with Gasteiger partial charge in [-0.1, -0.05) is 30.3 Å². The van der Waals surface area contributed by atoms with Crippen LogP contribution in [0.2, 0.25) is 0 Å². The maximum Gasteiger partial charge on any atom is 0.343 e. The zero-order valence-electron chi connectivity index (χ0n) is 14.1. The van der Waals surface area contributed by atoms with Crippen molar-refractivity contribution in [3.63, 3.8) is 0 Å². The predicted octanol–water partition coefficient (Wildman–Crippen LogP) is 2.64. The highest BCUT2D eigenvalue weighted by molar-refractivity contribution is 7.86. The van der Waals surface area contributed by atoms with Crippen LogP contribution in [0.5, 0.6) is 5.75 Å². The second-order valence-electron chi connectivity index (χ2n) is 5.47. The molecule has 2 aromatic carbocycles. The van der Waals surface area contributed by atoms with Crippen LogP contribution < -0.4 is 4.74 Å². The van der Waals surface area contributed by atoms with Gasteiger partial charge in [0.1, 0.15) is 4.90 Å². The molecule has 24 heavy (non-hydrogen) atoms. The second-order valence-corrected chi connectivity index (χ2v) is 6.86. The van der Waals surface area contributed by atoms with E-state index in [0.717, 1.165) is 6.07 Å². The van der Waals surface area contributed by atoms with E-state index in [2.05, 4.69) is 0 Å². The fourth-order valence-electron chi connectivity index (χ4n) is 1.70. The van der Waals surface area contributed by atoms with Crippen molar-refractivity contribution in [1.29, 1.82) is 0 Å². The van der Waals surface area contributed by atoms with Crippen LogP contribution in [0.4, 0.5) is 0 Å². The molecular weight excluding hydrogens is 330 g/mol. The van der Waals surface area contributed by atoms with E-state index in [4.69, 9.17) is 9.29 Å². The maximum atomic E-state index is 12.0. The average Bonchev–Trinajstić information content (AvgIpc) is 2.46. The molecule has 2 aromatic rings. The Labute approximate surface area is 142 Å². The van der Waals surface area contributed by atoms with Gasteiger partial charge >= 0.3 is 5.97 Å². The monoisotopic (exact) mass is 351 g/mol. The Morgan fingerprint density at radius 2 is 1.50 bits per heavy atom. The number of ether oxygens (including phenoxy) is 1. The molecule has 0 amide bonds. The normalized spacial score (nSPS) is 10.8. The van der Waals surface area contributed by atoms with Gasteiger partial charge in [0.2, 0.25) is 0 Å². The molecule has 7 heteroatoms. The number of carbonyl (C=O) groups is 1. The van der Waals surface area contributed by atoms with E-state index in [1.54, 1.807) is 31.2 Å². The molecule has 0 radical (unpaired) electrons. The molecule has 6 nitrogen and oxygen atoms in total. The van der Waals surface area contributed by atoms with Crippen LogP contribution >= 0.6 is 0 Å². The molecule has 0 aliphatic heterocycles. The van der Waals surface area contributed by atoms with Crippen molar-refractivity contribution in [3.8, 4) is 5.75 Å². The highest BCUT2D eigenvalue weighted by atomic mass is 32.2. The van der Waals surface area contributed by atoms with Gasteiger partial charge in [-0.25, -0.2) is 4.79 Å². The summed E-state index contributed by atoms with van der Waals surface area (Å²) in [6, 6.07) is 12.2. The molecular formula is C17H21NO5S. The van der Waals surface area contributed by atoms with Gasteiger partial charge in [0, 0.05) is 0 Å². The summed E-state index contributed by atoms with van der Waals surface area (Å²) in [5, 5.41) is 0. The number of carbonyl (C=O) groups excluding carboxylic acids is 1. The minimum Gasteiger partial charge on any atom is -0.421 e. The molecule has 130 valence electrons. The second kappa shape index (κ2) is 8.58. The lowest BCUT2D eigenvalue weighted by Gasteiger charge is -2.09. The standard InChI is InChI=1S/C14H12O5S.C3H9N/c1-10-6-2-3-7-11(10)14(15)19-12-8-4-5-9-13(12)20(16,17)18;1-4(2)3/h2-9H,1H3,(H,16,17,18);1-3H3. The first-order chi connectivity index (χ1) is 11.1. The Bertz CT molecular complexity index is 797. The Kier molecular flexibility index (Phi) is 7.09. The first-order valence-corrected chi connectivity index (χ1v) is 8.52. The zero-order chi connectivity index (χ0) is 18.3. The van der Waals surface area contributed by atoms with Crippen LogP contribution in [0.25, 0.3) is 0 Å². The molecule has 0 saturated carbocycles. The summed E-state index contributed by atoms with van der Waals surface area (Å²) in [7, 11) is 1.55. The van der Waals surface area contributed by atoms with E-state index in [0.29, 0.717) is 11.1 Å². The fraction of sp³-hybridized carbons (Fsp3) is 0.235. The molecule has 0 unspecified atom stereocenters. The van der Waals surface area contributed by atoms with Crippen LogP contribution in [0.15, 0.2) is 53.4 Å². The zero-order valence-corrected chi connectivity index (χ0v) is 14.9. The number of hydrogen-bond donors (Lipinski definition) is 1. The van der Waals surface area contributed by atoms with Crippen LogP contribution in [-0.4, -0.2) is 45.0 Å². The molecule has 0 saturated heterocycles. The summed E-state index contributed by atoms with van der Waals surface area (Å²) < 4.78 is 36.6. The summed E-state index contributed by atoms with van der Waals surface area (Å²) in [5.41, 5.74) is 1.04. The molecule has 0 aromatic heterocycles. The molecule has 1 N–H and O–H groups in total. The van der Waals surface area contributed by atoms with Gasteiger partial charge in [-0.3, -0.25) is 4.55 Å². The van der Waals surface area contributed by atoms with Gasteiger partial charge in [-0.15, -0.1) is 0 Å². The third-order valence-electron chi connectivity index (χ3n) is 2.69. The third-order valence-corrected chi connectivity index (χ3v) is 3.59. The summed E-state index contributed by atoms with van der Waals surface area (Å²) in [6.07, 6.45) is 0. The van der Waals surface area contributed by atoms with Crippen LogP contribution in [0, 0.1) is 6.92 Å². The minimum atomic E-state index is -4.45. The van der Waals surface area contributed by atoms with Gasteiger partial charge in [-0.05, 0) is 51.8 Å². The highest BCUT2D eigenvalue weighted by Gasteiger charge is 2.19. The van der Waals surface area contributed by atoms with Crippen LogP contribution in [0.1, 0.15) is 15.9 Å². The molecule has 0 heterocycles. The SMILES string of the molecule is CN(C)C.Cc1ccccc1C(=O)Oc1ccccc1S(=O)(=O)O. The van der Waals surface area contributed by atoms with E-state index in [1.807, 2.05) is 26.0 Å². The Morgan fingerprint density at radius 1 is 1.00 bits per heavy atom. The minimum absolute atomic E-state index is 0.205. The average molecular weight is 351 g/mol. The molecule has 2 rings (SSSR count). The first-order valence-electron chi connectivity index (χ1n) is 7.08. The topological polar surface area (TPSA) is 83.9 Å². The highest BCUT2D eigenvalue weighted by Crippen LogP contribution is 2.24. The largest absolute Gasteiger partial charge is 0.421 e. The molecule has 0 bridgehead atoms. The van der Waals surface area contributed by atoms with Gasteiger partial charge in [0.05, 0.1) is 5.56 Å². The van der Waals surface area contributed by atoms with Crippen LogP contribution in [0.3, 0.4) is 0 Å². The lowest BCUT2D eigenvalue weighted by atomic mass is 10.1. The van der Waals surface area contributed by atoms with E-state index < -0.39 is 21.0 Å². The first kappa shape index (κ1) is 19.8. The summed E-state index contributed by atoms with van der Waals surface area (Å²) >= 11 is 0. The van der Waals surface area contributed by atoms with Crippen molar-refractivity contribution >= 4 is 16.1 Å². The summed E-state index contributed by atoms with van der Waals surface area (Å²) in [4.78, 5) is 13.6. The number of rotatable bonds is 3. The lowest BCUT2D eigenvalue weighted by molar-refractivity contribution is 0.0729. The smallest absolute Gasteiger partial charge is 0.343 e. The van der Waals surface area contributed by atoms with Gasteiger partial charge in [0.15, 0.2) is 5.75 Å². The number of benzene rings is 2. The van der Waals surface area contributed by atoms with Gasteiger partial charge < -0.3 is 9.64 Å². The molecule has 0 atom stereocenters. The van der Waals surface area contributed by atoms with Crippen molar-refractivity contribution in [3.05, 3.63) is 59.7 Å². The Balaban J connectivity index is 0.000000648. The number of esters is 1. The van der Waals surface area contributed by atoms with Gasteiger partial charge in [-0.2, -0.15) is 8.42 Å². The lowest BCUT2D eigenvalue weighted by Crippen LogP contribution is -2.12. The fourth-order valence-corrected chi connectivity index (χ4v) is 2.32. The number of hydrogen-bond acceptors (Lipinski definition) is 5. The number of para-hydroxylation sites is 1. The van der Waals surface area contributed by atoms with E-state index in [9.17, 15) is 13.2 Å². The van der Waals surface area contributed by atoms with Crippen molar-refractivity contribution in [1.82, 2.24) is 4.90 Å². The van der Waals surface area contributed by atoms with E-state index in [-0.39, 0.29) is 5.75 Å². The molecule has 0 fully saturated rings. The number of nitrogens with zero attached hydrogens (tertiary/aromatic N) is 1. The predicted molar refractivity (Wildman–Crippen MR) is 92.0 cm³/mol. The molecule has 0 aliphatic carbocycles. The summed E-state index contributed by atoms with van der Waals surface area (Å²) in [5.74, 6) is -0.887. The quantitative estimate of drug-likeness (QED) is 0.520. The molecule has 0 aliphatic rings. The van der Waals surface area contributed by atoms with Crippen molar-refractivity contribution in [2.75, 3.05) is 21.1 Å². The van der Waals surface area contributed by atoms with Crippen molar-refractivity contribution in [2.45, 2.75) is 11.8 Å². The molecule has 0 spiro atoms.